The van der Waals surface area contributed by atoms with E-state index >= 15 is 0 Å². The maximum atomic E-state index is 6.02. The fourth-order valence-corrected chi connectivity index (χ4v) is 4.04. The third-order valence-electron chi connectivity index (χ3n) is 5.72. The van der Waals surface area contributed by atoms with Crippen molar-refractivity contribution in [2.75, 3.05) is 24.9 Å². The summed E-state index contributed by atoms with van der Waals surface area (Å²) < 4.78 is 12.8. The molecular formula is C26H26N8O2. The average Bonchev–Trinajstić information content (AvgIpc) is 3.32. The molecule has 5 aromatic rings. The summed E-state index contributed by atoms with van der Waals surface area (Å²) in [6, 6.07) is 13.5. The number of anilines is 3. The summed E-state index contributed by atoms with van der Waals surface area (Å²) in [5.74, 6) is 2.38. The van der Waals surface area contributed by atoms with Crippen LogP contribution in [0.25, 0.3) is 22.3 Å². The van der Waals surface area contributed by atoms with E-state index in [1.165, 1.54) is 0 Å². The number of aromatic nitrogens is 6. The van der Waals surface area contributed by atoms with Crippen LogP contribution in [0.15, 0.2) is 61.1 Å². The lowest BCUT2D eigenvalue weighted by Crippen LogP contribution is -2.18. The molecule has 0 bridgehead atoms. The van der Waals surface area contributed by atoms with Crippen LogP contribution in [0.5, 0.6) is 11.5 Å². The molecule has 182 valence electrons. The molecule has 0 amide bonds. The molecule has 0 aliphatic heterocycles. The van der Waals surface area contributed by atoms with Gasteiger partial charge >= 0.3 is 0 Å². The van der Waals surface area contributed by atoms with Crippen molar-refractivity contribution in [2.45, 2.75) is 13.5 Å². The van der Waals surface area contributed by atoms with Crippen LogP contribution < -0.4 is 20.1 Å². The molecule has 2 N–H and O–H groups in total. The first-order valence-electron chi connectivity index (χ1n) is 11.3. The molecule has 0 spiro atoms. The molecule has 0 radical (unpaired) electrons. The Balaban J connectivity index is 1.63. The van der Waals surface area contributed by atoms with E-state index in [1.54, 1.807) is 37.4 Å². The molecule has 0 saturated heterocycles. The number of aryl methyl sites for hydroxylation is 2. The van der Waals surface area contributed by atoms with Crippen molar-refractivity contribution < 1.29 is 9.47 Å². The van der Waals surface area contributed by atoms with Gasteiger partial charge in [0, 0.05) is 54.4 Å². The smallest absolute Gasteiger partial charge is 0.127 e. The Hall–Kier alpha value is -4.73. The molecule has 2 aromatic carbocycles. The van der Waals surface area contributed by atoms with E-state index in [0.717, 1.165) is 39.4 Å². The molecular weight excluding hydrogens is 456 g/mol. The number of nitrogen functional groups attached to an aromatic ring is 1. The summed E-state index contributed by atoms with van der Waals surface area (Å²) in [6.45, 7) is 2.26. The number of nitrogens with zero attached hydrogens (tertiary/aromatic N) is 7. The number of benzene rings is 2. The molecule has 0 unspecified atom stereocenters. The highest BCUT2D eigenvalue weighted by Gasteiger charge is 2.16. The number of hydrogen-bond acceptors (Lipinski definition) is 9. The molecule has 36 heavy (non-hydrogen) atoms. The predicted molar refractivity (Wildman–Crippen MR) is 138 cm³/mol. The van der Waals surface area contributed by atoms with Crippen LogP contribution in [0, 0.1) is 6.92 Å². The van der Waals surface area contributed by atoms with Gasteiger partial charge in [0.1, 0.15) is 23.1 Å². The zero-order valence-electron chi connectivity index (χ0n) is 20.5. The number of ether oxygens (including phenoxy) is 2. The van der Waals surface area contributed by atoms with Gasteiger partial charge in [0.05, 0.1) is 55.6 Å². The summed E-state index contributed by atoms with van der Waals surface area (Å²) in [6.07, 6.45) is 5.45. The van der Waals surface area contributed by atoms with Crippen molar-refractivity contribution in [3.63, 3.8) is 0 Å². The van der Waals surface area contributed by atoms with Crippen LogP contribution >= 0.6 is 0 Å². The maximum absolute atomic E-state index is 6.02. The second-order valence-electron chi connectivity index (χ2n) is 8.32. The molecule has 0 aliphatic carbocycles. The summed E-state index contributed by atoms with van der Waals surface area (Å²) >= 11 is 0. The first kappa shape index (κ1) is 23.0. The topological polar surface area (TPSA) is 117 Å². The lowest BCUT2D eigenvalue weighted by atomic mass is 10.1. The summed E-state index contributed by atoms with van der Waals surface area (Å²) in [5, 5.41) is 4.25. The van der Waals surface area contributed by atoms with Crippen molar-refractivity contribution in [1.29, 1.82) is 0 Å². The van der Waals surface area contributed by atoms with E-state index in [-0.39, 0.29) is 0 Å². The van der Waals surface area contributed by atoms with Gasteiger partial charge in [-0.1, -0.05) is 0 Å². The molecule has 10 heteroatoms. The average molecular weight is 483 g/mol. The lowest BCUT2D eigenvalue weighted by molar-refractivity contribution is 0.394. The van der Waals surface area contributed by atoms with Gasteiger partial charge in [-0.15, -0.1) is 0 Å². The normalized spacial score (nSPS) is 11.0. The van der Waals surface area contributed by atoms with Crippen molar-refractivity contribution >= 4 is 28.2 Å². The van der Waals surface area contributed by atoms with E-state index in [1.807, 2.05) is 56.6 Å². The maximum Gasteiger partial charge on any atom is 0.127 e. The Morgan fingerprint density at radius 2 is 1.67 bits per heavy atom. The molecule has 0 fully saturated rings. The zero-order valence-corrected chi connectivity index (χ0v) is 20.5. The Labute approximate surface area is 208 Å². The van der Waals surface area contributed by atoms with E-state index in [2.05, 4.69) is 25.0 Å². The third-order valence-corrected chi connectivity index (χ3v) is 5.72. The van der Waals surface area contributed by atoms with Crippen molar-refractivity contribution in [1.82, 2.24) is 29.7 Å². The minimum Gasteiger partial charge on any atom is -0.497 e. The quantitative estimate of drug-likeness (QED) is 0.366. The first-order chi connectivity index (χ1) is 17.4. The summed E-state index contributed by atoms with van der Waals surface area (Å²) in [7, 11) is 5.13. The summed E-state index contributed by atoms with van der Waals surface area (Å²) in [4.78, 5) is 20.4. The molecule has 3 aromatic heterocycles. The Morgan fingerprint density at radius 3 is 2.33 bits per heavy atom. The van der Waals surface area contributed by atoms with Gasteiger partial charge in [0.25, 0.3) is 0 Å². The second kappa shape index (κ2) is 9.49. The van der Waals surface area contributed by atoms with Crippen LogP contribution in [0.3, 0.4) is 0 Å². The Morgan fingerprint density at radius 1 is 0.889 bits per heavy atom. The standard InChI is InChI=1S/C26H26N8O2/c1-16-30-18(7-26(27)31-16)15-34(20-8-21(35-3)11-22(9-20)36-4)19-5-6-23-24(10-19)32-25(13-28-23)17-12-29-33(2)14-17/h5-14H,15H2,1-4H3,(H2,27,30,31). The summed E-state index contributed by atoms with van der Waals surface area (Å²) in [5.41, 5.74) is 11.7. The number of methoxy groups -OCH3 is 2. The highest BCUT2D eigenvalue weighted by Crippen LogP contribution is 2.35. The van der Waals surface area contributed by atoms with Crippen LogP contribution in [-0.2, 0) is 13.6 Å². The predicted octanol–water partition coefficient (Wildman–Crippen LogP) is 4.07. The SMILES string of the molecule is COc1cc(OC)cc(N(Cc2cc(N)nc(C)n2)c2ccc3ncc(-c4cnn(C)c4)nc3c2)c1. The van der Waals surface area contributed by atoms with Crippen molar-refractivity contribution in [2.24, 2.45) is 7.05 Å². The minimum absolute atomic E-state index is 0.422. The monoisotopic (exact) mass is 482 g/mol. The van der Waals surface area contributed by atoms with Crippen molar-refractivity contribution in [3.8, 4) is 22.8 Å². The number of rotatable bonds is 7. The van der Waals surface area contributed by atoms with E-state index < -0.39 is 0 Å². The molecule has 3 heterocycles. The molecule has 10 nitrogen and oxygen atoms in total. The van der Waals surface area contributed by atoms with Gasteiger partial charge < -0.3 is 20.1 Å². The van der Waals surface area contributed by atoms with E-state index in [4.69, 9.17) is 20.2 Å². The van der Waals surface area contributed by atoms with Gasteiger partial charge in [-0.25, -0.2) is 15.0 Å². The van der Waals surface area contributed by atoms with Gasteiger partial charge in [0.15, 0.2) is 0 Å². The van der Waals surface area contributed by atoms with Crippen LogP contribution in [0.4, 0.5) is 17.2 Å². The first-order valence-corrected chi connectivity index (χ1v) is 11.3. The largest absolute Gasteiger partial charge is 0.497 e. The lowest BCUT2D eigenvalue weighted by Gasteiger charge is -2.26. The van der Waals surface area contributed by atoms with E-state index in [0.29, 0.717) is 29.7 Å². The second-order valence-corrected chi connectivity index (χ2v) is 8.32. The third kappa shape index (κ3) is 4.74. The van der Waals surface area contributed by atoms with Crippen LogP contribution in [0.2, 0.25) is 0 Å². The van der Waals surface area contributed by atoms with Gasteiger partial charge in [-0.3, -0.25) is 9.67 Å². The number of hydrogen-bond donors (Lipinski definition) is 1. The molecule has 0 saturated carbocycles. The van der Waals surface area contributed by atoms with E-state index in [9.17, 15) is 0 Å². The van der Waals surface area contributed by atoms with Crippen LogP contribution in [-0.4, -0.2) is 43.9 Å². The molecule has 0 atom stereocenters. The Bertz CT molecular complexity index is 1510. The van der Waals surface area contributed by atoms with Gasteiger partial charge in [0.2, 0.25) is 0 Å². The molecule has 5 rings (SSSR count). The van der Waals surface area contributed by atoms with Gasteiger partial charge in [-0.2, -0.15) is 5.10 Å². The fourth-order valence-electron chi connectivity index (χ4n) is 4.04. The highest BCUT2D eigenvalue weighted by molar-refractivity contribution is 5.82. The molecule has 0 aliphatic rings. The zero-order chi connectivity index (χ0) is 25.2. The number of nitrogens with two attached hydrogens (primary N) is 1. The van der Waals surface area contributed by atoms with Crippen molar-refractivity contribution in [3.05, 3.63) is 72.6 Å². The number of fused-ring (bicyclic) bond motifs is 1. The van der Waals surface area contributed by atoms with Crippen LogP contribution in [0.1, 0.15) is 11.5 Å². The minimum atomic E-state index is 0.422. The highest BCUT2D eigenvalue weighted by atomic mass is 16.5. The fraction of sp³-hybridized carbons (Fsp3) is 0.192. The Kier molecular flexibility index (Phi) is 6.07. The van der Waals surface area contributed by atoms with Gasteiger partial charge in [-0.05, 0) is 25.1 Å².